The summed E-state index contributed by atoms with van der Waals surface area (Å²) in [5, 5.41) is 0. The summed E-state index contributed by atoms with van der Waals surface area (Å²) in [7, 11) is 0. The van der Waals surface area contributed by atoms with Gasteiger partial charge in [-0.2, -0.15) is 0 Å². The molecule has 1 rings (SSSR count). The van der Waals surface area contributed by atoms with Crippen LogP contribution in [0.3, 0.4) is 0 Å². The molecule has 2 heteroatoms. The van der Waals surface area contributed by atoms with E-state index in [1.165, 1.54) is 25.7 Å². The van der Waals surface area contributed by atoms with Gasteiger partial charge in [0.15, 0.2) is 0 Å². The van der Waals surface area contributed by atoms with Crippen molar-refractivity contribution in [3.8, 4) is 0 Å². The molecule has 1 aliphatic carbocycles. The van der Waals surface area contributed by atoms with Gasteiger partial charge in [-0.15, -0.1) is 0 Å². The Balaban J connectivity index is 2.33. The monoisotopic (exact) mass is 210 g/mol. The van der Waals surface area contributed by atoms with Crippen LogP contribution in [0.1, 0.15) is 32.6 Å². The van der Waals surface area contributed by atoms with Crippen LogP contribution in [0.25, 0.3) is 0 Å². The van der Waals surface area contributed by atoms with Crippen molar-refractivity contribution in [2.45, 2.75) is 31.6 Å². The summed E-state index contributed by atoms with van der Waals surface area (Å²) in [6.45, 7) is 1.74. The second kappa shape index (κ2) is 4.49. The predicted octanol–water partition coefficient (Wildman–Crippen LogP) is 1.72. The molecule has 52 valence electrons. The molecule has 0 N–H and O–H groups in total. The zero-order valence-electron chi connectivity index (χ0n) is 6.89. The van der Waals surface area contributed by atoms with E-state index in [4.69, 9.17) is 0 Å². The van der Waals surface area contributed by atoms with Gasteiger partial charge in [0.2, 0.25) is 0 Å². The molecule has 10 heavy (non-hydrogen) atoms. The van der Waals surface area contributed by atoms with Gasteiger partial charge in [0.1, 0.15) is 0 Å². The summed E-state index contributed by atoms with van der Waals surface area (Å²) >= 11 is 0.841. The average Bonchev–Trinajstić information content (AvgIpc) is 1.88. The molecule has 0 aromatic rings. The Morgan fingerprint density at radius 1 is 1.30 bits per heavy atom. The Morgan fingerprint density at radius 3 is 2.20 bits per heavy atom. The Labute approximate surface area is 102 Å². The van der Waals surface area contributed by atoms with Gasteiger partial charge in [0.05, 0.1) is 0 Å². The van der Waals surface area contributed by atoms with E-state index in [0.29, 0.717) is 11.7 Å². The summed E-state index contributed by atoms with van der Waals surface area (Å²) in [5.74, 6) is 0.851. The van der Waals surface area contributed by atoms with Gasteiger partial charge in [-0.1, -0.05) is 0 Å². The molecule has 0 bridgehead atoms. The summed E-state index contributed by atoms with van der Waals surface area (Å²) in [6.07, 6.45) is 5.07. The van der Waals surface area contributed by atoms with Crippen LogP contribution in [0.2, 0.25) is -1.01 Å². The Kier molecular flexibility index (Phi) is 4.29. The molecule has 1 fully saturated rings. The van der Waals surface area contributed by atoms with Gasteiger partial charge >= 0.3 is 104 Å². The van der Waals surface area contributed by atoms with Gasteiger partial charge in [0, 0.05) is 0 Å². The first-order valence-corrected chi connectivity index (χ1v) is 7.04. The van der Waals surface area contributed by atoms with Gasteiger partial charge < -0.3 is 0 Å². The second-order valence-electron chi connectivity index (χ2n) is 3.57. The second-order valence-corrected chi connectivity index (χ2v) is 7.58. The molecule has 1 saturated carbocycles. The first kappa shape index (κ1) is 9.56. The maximum atomic E-state index is 10.9. The topological polar surface area (TPSA) is 17.1 Å². The van der Waals surface area contributed by atoms with Crippen LogP contribution in [-0.2, 0) is 4.79 Å². The fraction of sp³-hybridized carbons (Fsp3) is 0.875. The van der Waals surface area contributed by atoms with Crippen LogP contribution in [0.4, 0.5) is 0 Å². The van der Waals surface area contributed by atoms with Crippen LogP contribution in [0.15, 0.2) is 0 Å². The number of carbonyl (C=O) groups excluding carboxylic acids is 1. The molecule has 0 unspecified atom stereocenters. The quantitative estimate of drug-likeness (QED) is 0.644. The molecule has 0 heterocycles. The first-order chi connectivity index (χ1) is 4.70. The number of carbonyl (C=O) groups is 1. The Hall–Kier alpha value is 1.48. The molecular formula is C8H13ORb. The van der Waals surface area contributed by atoms with Crippen molar-refractivity contribution in [2.75, 3.05) is 0 Å². The summed E-state index contributed by atoms with van der Waals surface area (Å²) in [6, 6.07) is 0. The normalized spacial score (nSPS) is 33.9. The van der Waals surface area contributed by atoms with Crippen LogP contribution in [-0.4, -0.2) is 61.3 Å². The van der Waals surface area contributed by atoms with Crippen molar-refractivity contribution in [1.29, 1.82) is 0 Å². The third-order valence-electron chi connectivity index (χ3n) is 2.59. The van der Waals surface area contributed by atoms with E-state index in [1.807, 2.05) is 0 Å². The van der Waals surface area contributed by atoms with Crippen molar-refractivity contribution in [3.05, 3.63) is 0 Å². The fourth-order valence-electron chi connectivity index (χ4n) is 1.67. The maximum absolute atomic E-state index is 10.9. The molecule has 1 nitrogen and oxygen atoms in total. The van der Waals surface area contributed by atoms with Crippen LogP contribution in [0, 0.1) is 5.92 Å². The van der Waals surface area contributed by atoms with Crippen molar-refractivity contribution < 1.29 is 4.79 Å². The molecule has 0 radical (unpaired) electrons. The van der Waals surface area contributed by atoms with Gasteiger partial charge in [-0.05, 0) is 0 Å². The zero-order valence-corrected chi connectivity index (χ0v) is 11.8. The van der Waals surface area contributed by atoms with Crippen LogP contribution < -0.4 is 0 Å². The number of ketones is 1. The van der Waals surface area contributed by atoms with E-state index in [1.54, 1.807) is 6.92 Å². The third kappa shape index (κ3) is 2.84. The minimum atomic E-state index is 0.419. The van der Waals surface area contributed by atoms with Gasteiger partial charge in [0.25, 0.3) is 0 Å². The molecule has 0 aliphatic heterocycles. The summed E-state index contributed by atoms with van der Waals surface area (Å²) in [4.78, 5) is 10.9. The predicted molar refractivity (Wildman–Crippen MR) is 42.1 cm³/mol. The Morgan fingerprint density at radius 2 is 1.80 bits per heavy atom. The van der Waals surface area contributed by atoms with Crippen molar-refractivity contribution in [1.82, 2.24) is 0 Å². The SMILES string of the molecule is CC(=O)C1CC[CH]([Rb])CC1. The van der Waals surface area contributed by atoms with E-state index in [9.17, 15) is 4.79 Å². The summed E-state index contributed by atoms with van der Waals surface area (Å²) in [5.41, 5.74) is 0. The van der Waals surface area contributed by atoms with Crippen molar-refractivity contribution in [3.63, 3.8) is 0 Å². The zero-order chi connectivity index (χ0) is 7.56. The third-order valence-corrected chi connectivity index (χ3v) is 5.43. The molecular weight excluding hydrogens is 198 g/mol. The van der Waals surface area contributed by atoms with E-state index in [-0.39, 0.29) is 0 Å². The van der Waals surface area contributed by atoms with E-state index in [2.05, 4.69) is 0 Å². The van der Waals surface area contributed by atoms with Gasteiger partial charge in [-0.25, -0.2) is 0 Å². The molecule has 0 amide bonds. The molecule has 0 aromatic heterocycles. The summed E-state index contributed by atoms with van der Waals surface area (Å²) < 4.78 is 1.07. The number of Topliss-reactive ketones (excluding diaryl/α,β-unsaturated/α-hetero) is 1. The molecule has 0 aromatic carbocycles. The standard InChI is InChI=1S/C8H13O.Rb/c1-7(9)8-5-3-2-4-6-8;/h2,8H,3-6H2,1H3;. The van der Waals surface area contributed by atoms with Crippen LogP contribution >= 0.6 is 0 Å². The van der Waals surface area contributed by atoms with Crippen molar-refractivity contribution in [2.24, 2.45) is 5.92 Å². The minimum absolute atomic E-state index is 0.419. The first-order valence-electron chi connectivity index (χ1n) is 4.20. The molecule has 1 aliphatic rings. The van der Waals surface area contributed by atoms with Gasteiger partial charge in [-0.3, -0.25) is 0 Å². The van der Waals surface area contributed by atoms with Crippen LogP contribution in [0.5, 0.6) is 0 Å². The van der Waals surface area contributed by atoms with E-state index in [0.717, 1.165) is 54.5 Å². The van der Waals surface area contributed by atoms with Crippen molar-refractivity contribution >= 4 is 61.3 Å². The number of rotatable bonds is 1. The fourth-order valence-corrected chi connectivity index (χ4v) is 3.31. The Bertz CT molecular complexity index is 125. The average molecular weight is 211 g/mol. The van der Waals surface area contributed by atoms with E-state index >= 15 is 0 Å². The van der Waals surface area contributed by atoms with E-state index < -0.39 is 0 Å². The molecule has 0 spiro atoms. The number of hydrogen-bond donors (Lipinski definition) is 0. The number of hydrogen-bond acceptors (Lipinski definition) is 1. The molecule has 0 saturated heterocycles. The molecule has 0 atom stereocenters.